The molecule has 0 saturated heterocycles. The van der Waals surface area contributed by atoms with Gasteiger partial charge in [-0.3, -0.25) is 0 Å². The van der Waals surface area contributed by atoms with Crippen LogP contribution in [0.2, 0.25) is 10.0 Å². The minimum Gasteiger partial charge on any atom is -0.405 e. The molecule has 0 saturated carbocycles. The van der Waals surface area contributed by atoms with Gasteiger partial charge < -0.3 is 4.74 Å². The van der Waals surface area contributed by atoms with Crippen LogP contribution in [0.1, 0.15) is 0 Å². The molecule has 2 rings (SSSR count). The van der Waals surface area contributed by atoms with Crippen molar-refractivity contribution in [3.63, 3.8) is 0 Å². The number of alkyl halides is 3. The first-order valence-electron chi connectivity index (χ1n) is 5.27. The van der Waals surface area contributed by atoms with E-state index in [4.69, 9.17) is 23.2 Å². The topological polar surface area (TPSA) is 9.23 Å². The van der Waals surface area contributed by atoms with E-state index in [9.17, 15) is 17.6 Å². The Morgan fingerprint density at radius 2 is 1.60 bits per heavy atom. The number of rotatable bonds is 2. The molecule has 0 radical (unpaired) electrons. The quantitative estimate of drug-likeness (QED) is 0.508. The van der Waals surface area contributed by atoms with Gasteiger partial charge in [-0.2, -0.15) is 0 Å². The Labute approximate surface area is 121 Å². The molecule has 1 nitrogen and oxygen atoms in total. The van der Waals surface area contributed by atoms with E-state index in [1.54, 1.807) is 0 Å². The van der Waals surface area contributed by atoms with Crippen molar-refractivity contribution in [1.29, 1.82) is 0 Å². The lowest BCUT2D eigenvalue weighted by molar-refractivity contribution is -0.274. The minimum absolute atomic E-state index is 0.00350. The predicted molar refractivity (Wildman–Crippen MR) is 68.5 cm³/mol. The monoisotopic (exact) mass is 324 g/mol. The zero-order chi connectivity index (χ0) is 14.9. The summed E-state index contributed by atoms with van der Waals surface area (Å²) in [7, 11) is 0. The summed E-state index contributed by atoms with van der Waals surface area (Å²) < 4.78 is 54.4. The van der Waals surface area contributed by atoms with Crippen LogP contribution in [0.5, 0.6) is 5.75 Å². The average molecular weight is 325 g/mol. The van der Waals surface area contributed by atoms with Crippen LogP contribution in [0, 0.1) is 5.82 Å². The predicted octanol–water partition coefficient (Wildman–Crippen LogP) is 5.70. The largest absolute Gasteiger partial charge is 0.573 e. The van der Waals surface area contributed by atoms with Crippen molar-refractivity contribution in [2.75, 3.05) is 0 Å². The molecule has 0 amide bonds. The van der Waals surface area contributed by atoms with Crippen LogP contribution >= 0.6 is 23.2 Å². The van der Waals surface area contributed by atoms with E-state index >= 15 is 0 Å². The maximum Gasteiger partial charge on any atom is 0.573 e. The molecular formula is C13H6Cl2F4O. The molecular weight excluding hydrogens is 319 g/mol. The Kier molecular flexibility index (Phi) is 4.11. The summed E-state index contributed by atoms with van der Waals surface area (Å²) in [6.07, 6.45) is -4.86. The summed E-state index contributed by atoms with van der Waals surface area (Å²) in [4.78, 5) is 0. The molecule has 0 aliphatic rings. The van der Waals surface area contributed by atoms with Crippen molar-refractivity contribution in [3.05, 3.63) is 52.3 Å². The molecule has 0 unspecified atom stereocenters. The zero-order valence-corrected chi connectivity index (χ0v) is 11.2. The summed E-state index contributed by atoms with van der Waals surface area (Å²) in [5.74, 6) is -1.31. The first-order valence-corrected chi connectivity index (χ1v) is 6.03. The van der Waals surface area contributed by atoms with Crippen molar-refractivity contribution in [2.45, 2.75) is 6.36 Å². The van der Waals surface area contributed by atoms with E-state index in [0.717, 1.165) is 12.1 Å². The van der Waals surface area contributed by atoms with Gasteiger partial charge in [-0.25, -0.2) is 4.39 Å². The first-order chi connectivity index (χ1) is 9.28. The number of hydrogen-bond donors (Lipinski definition) is 0. The van der Waals surface area contributed by atoms with Crippen LogP contribution in [0.15, 0.2) is 36.4 Å². The average Bonchev–Trinajstić information content (AvgIpc) is 2.33. The van der Waals surface area contributed by atoms with Gasteiger partial charge in [0.15, 0.2) is 0 Å². The molecule has 20 heavy (non-hydrogen) atoms. The number of benzene rings is 2. The summed E-state index contributed by atoms with van der Waals surface area (Å²) in [6.45, 7) is 0. The number of ether oxygens (including phenoxy) is 1. The second kappa shape index (κ2) is 5.50. The second-order valence-electron chi connectivity index (χ2n) is 3.79. The highest BCUT2D eigenvalue weighted by atomic mass is 35.5. The van der Waals surface area contributed by atoms with E-state index < -0.39 is 17.9 Å². The summed E-state index contributed by atoms with van der Waals surface area (Å²) in [5, 5.41) is -0.309. The third kappa shape index (κ3) is 3.35. The molecule has 0 bridgehead atoms. The summed E-state index contributed by atoms with van der Waals surface area (Å²) in [6, 6.07) is 7.52. The van der Waals surface area contributed by atoms with Crippen molar-refractivity contribution < 1.29 is 22.3 Å². The molecule has 0 fully saturated rings. The lowest BCUT2D eigenvalue weighted by Gasteiger charge is -2.14. The van der Waals surface area contributed by atoms with Gasteiger partial charge in [-0.15, -0.1) is 13.2 Å². The molecule has 0 aliphatic carbocycles. The van der Waals surface area contributed by atoms with Gasteiger partial charge in [0, 0.05) is 16.1 Å². The van der Waals surface area contributed by atoms with E-state index in [-0.39, 0.29) is 21.2 Å². The fourth-order valence-electron chi connectivity index (χ4n) is 1.65. The summed E-state index contributed by atoms with van der Waals surface area (Å²) in [5.41, 5.74) is 0.0211. The van der Waals surface area contributed by atoms with E-state index in [1.165, 1.54) is 24.3 Å². The zero-order valence-electron chi connectivity index (χ0n) is 9.64. The van der Waals surface area contributed by atoms with Crippen LogP contribution < -0.4 is 4.74 Å². The van der Waals surface area contributed by atoms with E-state index in [1.807, 2.05) is 0 Å². The van der Waals surface area contributed by atoms with Crippen LogP contribution in [0.4, 0.5) is 17.6 Å². The minimum atomic E-state index is -4.86. The molecule has 2 aromatic carbocycles. The molecule has 0 aromatic heterocycles. The molecule has 7 heteroatoms. The van der Waals surface area contributed by atoms with Crippen LogP contribution in [-0.2, 0) is 0 Å². The number of halogens is 6. The van der Waals surface area contributed by atoms with Crippen molar-refractivity contribution in [2.24, 2.45) is 0 Å². The van der Waals surface area contributed by atoms with Crippen LogP contribution in [-0.4, -0.2) is 6.36 Å². The Hall–Kier alpha value is -1.46. The van der Waals surface area contributed by atoms with Gasteiger partial charge in [0.1, 0.15) is 11.6 Å². The van der Waals surface area contributed by atoms with Crippen molar-refractivity contribution in [1.82, 2.24) is 0 Å². The van der Waals surface area contributed by atoms with E-state index in [2.05, 4.69) is 4.74 Å². The standard InChI is InChI=1S/C13H6Cl2F4O/c14-7-5-9(12(15)10(16)6-7)8-3-1-2-4-11(8)20-13(17,18)19/h1-6H. The molecule has 0 aliphatic heterocycles. The normalized spacial score (nSPS) is 11.5. The molecule has 106 valence electrons. The van der Waals surface area contributed by atoms with E-state index in [0.29, 0.717) is 0 Å². The third-order valence-corrected chi connectivity index (χ3v) is 3.00. The molecule has 0 spiro atoms. The summed E-state index contributed by atoms with van der Waals surface area (Å²) >= 11 is 11.5. The molecule has 0 heterocycles. The Morgan fingerprint density at radius 3 is 2.25 bits per heavy atom. The van der Waals surface area contributed by atoms with Crippen molar-refractivity contribution >= 4 is 23.2 Å². The Balaban J connectivity index is 2.59. The van der Waals surface area contributed by atoms with Gasteiger partial charge in [0.2, 0.25) is 0 Å². The van der Waals surface area contributed by atoms with Gasteiger partial charge in [-0.1, -0.05) is 41.4 Å². The first kappa shape index (κ1) is 14.9. The maximum absolute atomic E-state index is 13.5. The smallest absolute Gasteiger partial charge is 0.405 e. The molecule has 2 aromatic rings. The maximum atomic E-state index is 13.5. The van der Waals surface area contributed by atoms with Crippen LogP contribution in [0.25, 0.3) is 11.1 Å². The lowest BCUT2D eigenvalue weighted by Crippen LogP contribution is -2.17. The fourth-order valence-corrected chi connectivity index (χ4v) is 2.07. The van der Waals surface area contributed by atoms with Gasteiger partial charge in [0.25, 0.3) is 0 Å². The Morgan fingerprint density at radius 1 is 0.950 bits per heavy atom. The third-order valence-electron chi connectivity index (χ3n) is 2.40. The SMILES string of the molecule is Fc1cc(Cl)cc(-c2ccccc2OC(F)(F)F)c1Cl. The Bertz CT molecular complexity index is 641. The highest BCUT2D eigenvalue weighted by Gasteiger charge is 2.32. The fraction of sp³-hybridized carbons (Fsp3) is 0.0769. The number of hydrogen-bond acceptors (Lipinski definition) is 1. The second-order valence-corrected chi connectivity index (χ2v) is 4.61. The number of para-hydroxylation sites is 1. The highest BCUT2D eigenvalue weighted by Crippen LogP contribution is 2.39. The van der Waals surface area contributed by atoms with Gasteiger partial charge in [-0.05, 0) is 18.2 Å². The van der Waals surface area contributed by atoms with Crippen LogP contribution in [0.3, 0.4) is 0 Å². The lowest BCUT2D eigenvalue weighted by atomic mass is 10.0. The van der Waals surface area contributed by atoms with Gasteiger partial charge in [0.05, 0.1) is 5.02 Å². The highest BCUT2D eigenvalue weighted by molar-refractivity contribution is 6.35. The van der Waals surface area contributed by atoms with Gasteiger partial charge >= 0.3 is 6.36 Å². The molecule has 0 atom stereocenters. The van der Waals surface area contributed by atoms with Crippen molar-refractivity contribution in [3.8, 4) is 16.9 Å². The molecule has 0 N–H and O–H groups in total.